The van der Waals surface area contributed by atoms with Crippen molar-refractivity contribution in [1.82, 2.24) is 0 Å². The summed E-state index contributed by atoms with van der Waals surface area (Å²) in [5.74, 6) is -0.284. The lowest BCUT2D eigenvalue weighted by atomic mass is 9.99. The van der Waals surface area contributed by atoms with Gasteiger partial charge in [-0.2, -0.15) is 0 Å². The van der Waals surface area contributed by atoms with E-state index in [1.807, 2.05) is 0 Å². The van der Waals surface area contributed by atoms with Crippen molar-refractivity contribution >= 4 is 34.8 Å². The zero-order valence-electron chi connectivity index (χ0n) is 9.00. The van der Waals surface area contributed by atoms with E-state index >= 15 is 0 Å². The maximum Gasteiger partial charge on any atom is 0.246 e. The molecule has 1 amide bonds. The average molecular weight is 275 g/mol. The highest BCUT2D eigenvalue weighted by molar-refractivity contribution is 6.35. The van der Waals surface area contributed by atoms with Gasteiger partial charge in [0.15, 0.2) is 0 Å². The smallest absolute Gasteiger partial charge is 0.246 e. The van der Waals surface area contributed by atoms with E-state index in [4.69, 9.17) is 33.7 Å². The fourth-order valence-electron chi connectivity index (χ4n) is 1.64. The molecule has 0 spiro atoms. The van der Waals surface area contributed by atoms with Gasteiger partial charge in [0.2, 0.25) is 5.91 Å². The molecule has 0 aromatic heterocycles. The Morgan fingerprint density at radius 3 is 2.53 bits per heavy atom. The van der Waals surface area contributed by atoms with Gasteiger partial charge in [-0.25, -0.2) is 0 Å². The Morgan fingerprint density at radius 2 is 2.00 bits per heavy atom. The second-order valence-electron chi connectivity index (χ2n) is 4.07. The summed E-state index contributed by atoms with van der Waals surface area (Å²) >= 11 is 11.7. The zero-order chi connectivity index (χ0) is 12.5. The molecule has 92 valence electrons. The van der Waals surface area contributed by atoms with Gasteiger partial charge in [0.1, 0.15) is 5.54 Å². The molecule has 0 aliphatic carbocycles. The van der Waals surface area contributed by atoms with Gasteiger partial charge in [-0.05, 0) is 24.6 Å². The van der Waals surface area contributed by atoms with Gasteiger partial charge in [0.05, 0.1) is 6.61 Å². The Morgan fingerprint density at radius 1 is 1.35 bits per heavy atom. The molecule has 1 heterocycles. The number of nitrogens with two attached hydrogens (primary N) is 1. The van der Waals surface area contributed by atoms with Crippen LogP contribution in [0, 0.1) is 0 Å². The number of ether oxygens (including phenoxy) is 1. The molecule has 0 radical (unpaired) electrons. The van der Waals surface area contributed by atoms with Crippen molar-refractivity contribution in [3.63, 3.8) is 0 Å². The van der Waals surface area contributed by atoms with E-state index in [9.17, 15) is 4.79 Å². The summed E-state index contributed by atoms with van der Waals surface area (Å²) in [6, 6.07) is 4.82. The summed E-state index contributed by atoms with van der Waals surface area (Å²) in [4.78, 5) is 12.0. The minimum Gasteiger partial charge on any atom is -0.379 e. The van der Waals surface area contributed by atoms with Crippen molar-refractivity contribution in [2.75, 3.05) is 18.5 Å². The number of carbonyl (C=O) groups excluding carboxylic acids is 1. The van der Waals surface area contributed by atoms with E-state index in [1.54, 1.807) is 18.2 Å². The van der Waals surface area contributed by atoms with Crippen molar-refractivity contribution in [3.05, 3.63) is 28.2 Å². The quantitative estimate of drug-likeness (QED) is 0.868. The first-order valence-electron chi connectivity index (χ1n) is 5.14. The summed E-state index contributed by atoms with van der Waals surface area (Å²) in [6.07, 6.45) is 0.507. The Bertz CT molecular complexity index is 425. The average Bonchev–Trinajstić information content (AvgIpc) is 2.64. The molecule has 1 unspecified atom stereocenters. The van der Waals surface area contributed by atoms with Crippen LogP contribution < -0.4 is 11.1 Å². The van der Waals surface area contributed by atoms with Gasteiger partial charge in [-0.1, -0.05) is 23.2 Å². The fourth-order valence-corrected chi connectivity index (χ4v) is 2.17. The first kappa shape index (κ1) is 12.6. The SMILES string of the molecule is NC1(C(=O)Nc2cc(Cl)cc(Cl)c2)CCOC1. The van der Waals surface area contributed by atoms with Gasteiger partial charge < -0.3 is 15.8 Å². The Balaban J connectivity index is 2.12. The van der Waals surface area contributed by atoms with Crippen LogP contribution in [0.15, 0.2) is 18.2 Å². The topological polar surface area (TPSA) is 64.4 Å². The van der Waals surface area contributed by atoms with E-state index < -0.39 is 5.54 Å². The summed E-state index contributed by atoms with van der Waals surface area (Å²) in [7, 11) is 0. The fraction of sp³-hybridized carbons (Fsp3) is 0.364. The molecule has 1 saturated heterocycles. The van der Waals surface area contributed by atoms with Gasteiger partial charge in [0, 0.05) is 22.3 Å². The Kier molecular flexibility index (Phi) is 3.58. The van der Waals surface area contributed by atoms with Gasteiger partial charge in [-0.3, -0.25) is 4.79 Å². The van der Waals surface area contributed by atoms with Crippen LogP contribution in [0.5, 0.6) is 0 Å². The predicted octanol–water partition coefficient (Wildman–Crippen LogP) is 2.05. The summed E-state index contributed by atoms with van der Waals surface area (Å²) < 4.78 is 5.13. The number of halogens is 2. The molecule has 1 aliphatic heterocycles. The van der Waals surface area contributed by atoms with Gasteiger partial charge >= 0.3 is 0 Å². The summed E-state index contributed by atoms with van der Waals surface area (Å²) in [5.41, 5.74) is 5.49. The number of hydrogen-bond acceptors (Lipinski definition) is 3. The van der Waals surface area contributed by atoms with E-state index in [0.29, 0.717) is 28.8 Å². The van der Waals surface area contributed by atoms with Gasteiger partial charge in [-0.15, -0.1) is 0 Å². The molecule has 6 heteroatoms. The van der Waals surface area contributed by atoms with Crippen LogP contribution in [-0.2, 0) is 9.53 Å². The van der Waals surface area contributed by atoms with Crippen LogP contribution in [0.1, 0.15) is 6.42 Å². The second kappa shape index (κ2) is 4.82. The predicted molar refractivity (Wildman–Crippen MR) is 67.4 cm³/mol. The lowest BCUT2D eigenvalue weighted by Gasteiger charge is -2.20. The van der Waals surface area contributed by atoms with Crippen LogP contribution in [0.25, 0.3) is 0 Å². The normalized spacial score (nSPS) is 23.7. The summed E-state index contributed by atoms with van der Waals surface area (Å²) in [5, 5.41) is 3.61. The van der Waals surface area contributed by atoms with Crippen molar-refractivity contribution in [1.29, 1.82) is 0 Å². The lowest BCUT2D eigenvalue weighted by molar-refractivity contribution is -0.121. The molecule has 1 fully saturated rings. The molecule has 1 aliphatic rings. The maximum absolute atomic E-state index is 12.0. The number of anilines is 1. The summed E-state index contributed by atoms with van der Waals surface area (Å²) in [6.45, 7) is 0.730. The largest absolute Gasteiger partial charge is 0.379 e. The Labute approximate surface area is 109 Å². The van der Waals surface area contributed by atoms with Crippen molar-refractivity contribution < 1.29 is 9.53 Å². The molecule has 0 bridgehead atoms. The highest BCUT2D eigenvalue weighted by Gasteiger charge is 2.38. The lowest BCUT2D eigenvalue weighted by Crippen LogP contribution is -2.51. The number of carbonyl (C=O) groups is 1. The molecule has 1 atom stereocenters. The molecule has 1 aromatic rings. The molecule has 17 heavy (non-hydrogen) atoms. The molecule has 4 nitrogen and oxygen atoms in total. The maximum atomic E-state index is 12.0. The number of hydrogen-bond donors (Lipinski definition) is 2. The van der Waals surface area contributed by atoms with Crippen LogP contribution in [0.3, 0.4) is 0 Å². The first-order chi connectivity index (χ1) is 7.99. The van der Waals surface area contributed by atoms with Crippen LogP contribution >= 0.6 is 23.2 Å². The van der Waals surface area contributed by atoms with Crippen molar-refractivity contribution in [2.45, 2.75) is 12.0 Å². The first-order valence-corrected chi connectivity index (χ1v) is 5.89. The number of nitrogens with one attached hydrogen (secondary N) is 1. The third-order valence-electron chi connectivity index (χ3n) is 2.62. The van der Waals surface area contributed by atoms with E-state index in [0.717, 1.165) is 0 Å². The van der Waals surface area contributed by atoms with Crippen LogP contribution in [-0.4, -0.2) is 24.7 Å². The van der Waals surface area contributed by atoms with Crippen LogP contribution in [0.2, 0.25) is 10.0 Å². The molecule has 3 N–H and O–H groups in total. The zero-order valence-corrected chi connectivity index (χ0v) is 10.5. The molecule has 0 saturated carbocycles. The minimum absolute atomic E-state index is 0.229. The number of amides is 1. The van der Waals surface area contributed by atoms with E-state index in [1.165, 1.54) is 0 Å². The third-order valence-corrected chi connectivity index (χ3v) is 3.06. The molecule has 2 rings (SSSR count). The number of benzene rings is 1. The third kappa shape index (κ3) is 2.90. The molecule has 1 aromatic carbocycles. The van der Waals surface area contributed by atoms with Crippen molar-refractivity contribution in [3.8, 4) is 0 Å². The van der Waals surface area contributed by atoms with E-state index in [2.05, 4.69) is 5.32 Å². The molecular weight excluding hydrogens is 263 g/mol. The molecular formula is C11H12Cl2N2O2. The second-order valence-corrected chi connectivity index (χ2v) is 4.94. The van der Waals surface area contributed by atoms with Gasteiger partial charge in [0.25, 0.3) is 0 Å². The highest BCUT2D eigenvalue weighted by atomic mass is 35.5. The Hall–Kier alpha value is -0.810. The monoisotopic (exact) mass is 274 g/mol. The standard InChI is InChI=1S/C11H12Cl2N2O2/c12-7-3-8(13)5-9(4-7)15-10(16)11(14)1-2-17-6-11/h3-5H,1-2,6,14H2,(H,15,16). The number of rotatable bonds is 2. The van der Waals surface area contributed by atoms with E-state index in [-0.39, 0.29) is 12.5 Å². The highest BCUT2D eigenvalue weighted by Crippen LogP contribution is 2.24. The van der Waals surface area contributed by atoms with Crippen molar-refractivity contribution in [2.24, 2.45) is 5.73 Å². The van der Waals surface area contributed by atoms with Crippen LogP contribution in [0.4, 0.5) is 5.69 Å². The minimum atomic E-state index is -0.963.